The Morgan fingerprint density at radius 1 is 1.30 bits per heavy atom. The van der Waals surface area contributed by atoms with Gasteiger partial charge in [-0.3, -0.25) is 14.2 Å². The quantitative estimate of drug-likeness (QED) is 0.695. The molecule has 1 aromatic carbocycles. The summed E-state index contributed by atoms with van der Waals surface area (Å²) in [6, 6.07) is 9.90. The highest BCUT2D eigenvalue weighted by Crippen LogP contribution is 2.35. The second kappa shape index (κ2) is 7.27. The number of likely N-dealkylation sites (tertiary alicyclic amines) is 1. The molecule has 0 spiro atoms. The van der Waals surface area contributed by atoms with E-state index in [1.165, 1.54) is 22.2 Å². The average molecular weight is 382 g/mol. The Labute approximate surface area is 162 Å². The summed E-state index contributed by atoms with van der Waals surface area (Å²) in [5, 5.41) is 0.617. The molecule has 0 aliphatic carbocycles. The van der Waals surface area contributed by atoms with E-state index in [2.05, 4.69) is 11.9 Å². The predicted octanol–water partition coefficient (Wildman–Crippen LogP) is 3.69. The Morgan fingerprint density at radius 2 is 2.07 bits per heavy atom. The van der Waals surface area contributed by atoms with Crippen molar-refractivity contribution in [1.29, 1.82) is 0 Å². The van der Waals surface area contributed by atoms with Crippen molar-refractivity contribution >= 4 is 27.5 Å². The van der Waals surface area contributed by atoms with Gasteiger partial charge in [0.1, 0.15) is 11.4 Å². The molecule has 1 aliphatic rings. The SMILES string of the molecule is Cc1sc2ncn(CC(=O)N3CCC[C@H](C)C3)c(=O)c2c1-c1ccccc1. The molecule has 4 rings (SSSR count). The van der Waals surface area contributed by atoms with E-state index in [1.54, 1.807) is 0 Å². The standard InChI is InChI=1S/C21H23N3O2S/c1-14-7-6-10-23(11-14)17(25)12-24-13-22-20-19(21(24)26)18(15(2)27-20)16-8-4-3-5-9-16/h3-5,8-9,13-14H,6-7,10-12H2,1-2H3/t14-/m0/s1. The van der Waals surface area contributed by atoms with Crippen molar-refractivity contribution in [2.45, 2.75) is 33.2 Å². The van der Waals surface area contributed by atoms with E-state index in [-0.39, 0.29) is 18.0 Å². The predicted molar refractivity (Wildman–Crippen MR) is 109 cm³/mol. The van der Waals surface area contributed by atoms with Gasteiger partial charge in [0.2, 0.25) is 5.91 Å². The lowest BCUT2D eigenvalue weighted by Gasteiger charge is -2.31. The van der Waals surface area contributed by atoms with E-state index in [1.807, 2.05) is 42.2 Å². The monoisotopic (exact) mass is 381 g/mol. The van der Waals surface area contributed by atoms with Crippen molar-refractivity contribution in [3.8, 4) is 11.1 Å². The molecular formula is C21H23N3O2S. The lowest BCUT2D eigenvalue weighted by Crippen LogP contribution is -2.42. The number of benzene rings is 1. The fourth-order valence-electron chi connectivity index (χ4n) is 3.86. The first-order valence-electron chi connectivity index (χ1n) is 9.36. The zero-order chi connectivity index (χ0) is 19.0. The van der Waals surface area contributed by atoms with Crippen LogP contribution in [0.3, 0.4) is 0 Å². The lowest BCUT2D eigenvalue weighted by molar-refractivity contribution is -0.133. The number of carbonyl (C=O) groups is 1. The van der Waals surface area contributed by atoms with Crippen molar-refractivity contribution in [3.63, 3.8) is 0 Å². The molecule has 1 amide bonds. The molecule has 2 aromatic heterocycles. The topological polar surface area (TPSA) is 55.2 Å². The van der Waals surface area contributed by atoms with Gasteiger partial charge in [-0.25, -0.2) is 4.98 Å². The summed E-state index contributed by atoms with van der Waals surface area (Å²) in [5.74, 6) is 0.516. The molecule has 0 bridgehead atoms. The Hall–Kier alpha value is -2.47. The minimum absolute atomic E-state index is 0.00184. The van der Waals surface area contributed by atoms with E-state index in [0.29, 0.717) is 11.3 Å². The molecule has 27 heavy (non-hydrogen) atoms. The maximum absolute atomic E-state index is 13.2. The van der Waals surface area contributed by atoms with E-state index in [4.69, 9.17) is 0 Å². The van der Waals surface area contributed by atoms with Crippen LogP contribution in [0, 0.1) is 12.8 Å². The fourth-order valence-corrected chi connectivity index (χ4v) is 4.87. The summed E-state index contributed by atoms with van der Waals surface area (Å²) in [5.41, 5.74) is 1.80. The van der Waals surface area contributed by atoms with Crippen LogP contribution in [-0.2, 0) is 11.3 Å². The van der Waals surface area contributed by atoms with E-state index < -0.39 is 0 Å². The number of piperidine rings is 1. The first kappa shape index (κ1) is 17.9. The number of nitrogens with zero attached hydrogens (tertiary/aromatic N) is 3. The van der Waals surface area contributed by atoms with Crippen LogP contribution in [0.15, 0.2) is 41.5 Å². The molecule has 6 heteroatoms. The molecule has 140 valence electrons. The molecule has 5 nitrogen and oxygen atoms in total. The van der Waals surface area contributed by atoms with Crippen molar-refractivity contribution in [3.05, 3.63) is 51.9 Å². The first-order valence-corrected chi connectivity index (χ1v) is 10.2. The summed E-state index contributed by atoms with van der Waals surface area (Å²) in [4.78, 5) is 34.0. The third-order valence-corrected chi connectivity index (χ3v) is 6.25. The van der Waals surface area contributed by atoms with Crippen molar-refractivity contribution in [2.75, 3.05) is 13.1 Å². The Balaban J connectivity index is 1.72. The van der Waals surface area contributed by atoms with Crippen molar-refractivity contribution < 1.29 is 4.79 Å². The highest BCUT2D eigenvalue weighted by Gasteiger charge is 2.22. The number of carbonyl (C=O) groups excluding carboxylic acids is 1. The van der Waals surface area contributed by atoms with E-state index in [9.17, 15) is 9.59 Å². The summed E-state index contributed by atoms with van der Waals surface area (Å²) in [6.07, 6.45) is 3.70. The number of fused-ring (bicyclic) bond motifs is 1. The van der Waals surface area contributed by atoms with Gasteiger partial charge >= 0.3 is 0 Å². The highest BCUT2D eigenvalue weighted by atomic mass is 32.1. The molecule has 0 N–H and O–H groups in total. The van der Waals surface area contributed by atoms with Crippen LogP contribution in [0.25, 0.3) is 21.3 Å². The molecular weight excluding hydrogens is 358 g/mol. The van der Waals surface area contributed by atoms with Crippen LogP contribution in [0.1, 0.15) is 24.6 Å². The number of hydrogen-bond acceptors (Lipinski definition) is 4. The number of amides is 1. The minimum atomic E-state index is -0.137. The van der Waals surface area contributed by atoms with E-state index in [0.717, 1.165) is 46.8 Å². The molecule has 1 aliphatic heterocycles. The van der Waals surface area contributed by atoms with Gasteiger partial charge in [-0.1, -0.05) is 37.3 Å². The number of rotatable bonds is 3. The van der Waals surface area contributed by atoms with Crippen LogP contribution >= 0.6 is 11.3 Å². The van der Waals surface area contributed by atoms with Gasteiger partial charge in [-0.05, 0) is 31.2 Å². The molecule has 1 fully saturated rings. The van der Waals surface area contributed by atoms with Crippen LogP contribution in [0.5, 0.6) is 0 Å². The van der Waals surface area contributed by atoms with Gasteiger partial charge in [0.05, 0.1) is 11.7 Å². The largest absolute Gasteiger partial charge is 0.341 e. The summed E-state index contributed by atoms with van der Waals surface area (Å²) < 4.78 is 1.46. The maximum Gasteiger partial charge on any atom is 0.263 e. The third-order valence-electron chi connectivity index (χ3n) is 5.23. The third kappa shape index (κ3) is 3.41. The van der Waals surface area contributed by atoms with Gasteiger partial charge in [0, 0.05) is 23.5 Å². The van der Waals surface area contributed by atoms with E-state index >= 15 is 0 Å². The molecule has 0 saturated carbocycles. The van der Waals surface area contributed by atoms with Crippen LogP contribution < -0.4 is 5.56 Å². The first-order chi connectivity index (χ1) is 13.0. The maximum atomic E-state index is 13.2. The van der Waals surface area contributed by atoms with Gasteiger partial charge < -0.3 is 4.90 Å². The summed E-state index contributed by atoms with van der Waals surface area (Å²) in [6.45, 7) is 5.78. The zero-order valence-electron chi connectivity index (χ0n) is 15.6. The lowest BCUT2D eigenvalue weighted by atomic mass is 10.0. The number of thiophene rings is 1. The Bertz CT molecular complexity index is 1040. The molecule has 1 saturated heterocycles. The normalized spacial score (nSPS) is 17.4. The van der Waals surface area contributed by atoms with Crippen molar-refractivity contribution in [1.82, 2.24) is 14.5 Å². The van der Waals surface area contributed by atoms with Crippen LogP contribution in [0.4, 0.5) is 0 Å². The molecule has 0 unspecified atom stereocenters. The Kier molecular flexibility index (Phi) is 4.83. The summed E-state index contributed by atoms with van der Waals surface area (Å²) >= 11 is 1.52. The van der Waals surface area contributed by atoms with Gasteiger partial charge in [0.15, 0.2) is 0 Å². The summed E-state index contributed by atoms with van der Waals surface area (Å²) in [7, 11) is 0. The van der Waals surface area contributed by atoms with Crippen molar-refractivity contribution in [2.24, 2.45) is 5.92 Å². The molecule has 3 aromatic rings. The molecule has 1 atom stereocenters. The smallest absolute Gasteiger partial charge is 0.263 e. The van der Waals surface area contributed by atoms with Gasteiger partial charge in [-0.2, -0.15) is 0 Å². The van der Waals surface area contributed by atoms with Gasteiger partial charge in [-0.15, -0.1) is 11.3 Å². The van der Waals surface area contributed by atoms with Gasteiger partial charge in [0.25, 0.3) is 5.56 Å². The number of hydrogen-bond donors (Lipinski definition) is 0. The average Bonchev–Trinajstić information content (AvgIpc) is 3.01. The highest BCUT2D eigenvalue weighted by molar-refractivity contribution is 7.19. The van der Waals surface area contributed by atoms with Crippen LogP contribution in [-0.4, -0.2) is 33.4 Å². The fraction of sp³-hybridized carbons (Fsp3) is 0.381. The minimum Gasteiger partial charge on any atom is -0.341 e. The zero-order valence-corrected chi connectivity index (χ0v) is 16.5. The van der Waals surface area contributed by atoms with Crippen LogP contribution in [0.2, 0.25) is 0 Å². The Morgan fingerprint density at radius 3 is 2.81 bits per heavy atom. The molecule has 3 heterocycles. The second-order valence-electron chi connectivity index (χ2n) is 7.34. The number of aryl methyl sites for hydroxylation is 1. The number of aromatic nitrogens is 2. The molecule has 0 radical (unpaired) electrons. The second-order valence-corrected chi connectivity index (χ2v) is 8.55.